The molecule has 0 fully saturated rings. The molecule has 6 nitrogen and oxygen atoms in total. The van der Waals surface area contributed by atoms with E-state index in [-0.39, 0.29) is 0 Å². The second-order valence-electron chi connectivity index (χ2n) is 4.30. The number of carbonyl (C=O) groups excluding carboxylic acids is 1. The first kappa shape index (κ1) is 13.7. The Morgan fingerprint density at radius 3 is 2.20 bits per heavy atom. The number of nitrogens with one attached hydrogen (secondary N) is 1. The standard InChI is InChI=1S/C9H18N2O4/c1-5(6(10)7(12)13)11-8(14)15-9(2,3)4/h5-6H,10H2,1-4H3,(H,11,14)(H,12,13). The van der Waals surface area contributed by atoms with Crippen LogP contribution in [0, 0.1) is 0 Å². The van der Waals surface area contributed by atoms with Crippen molar-refractivity contribution in [1.29, 1.82) is 0 Å². The number of alkyl carbamates (subject to hydrolysis) is 1. The summed E-state index contributed by atoms with van der Waals surface area (Å²) in [6, 6.07) is -1.82. The van der Waals surface area contributed by atoms with E-state index in [2.05, 4.69) is 5.32 Å². The molecule has 6 heteroatoms. The Morgan fingerprint density at radius 2 is 1.87 bits per heavy atom. The van der Waals surface area contributed by atoms with Gasteiger partial charge in [-0.05, 0) is 27.7 Å². The van der Waals surface area contributed by atoms with Crippen molar-refractivity contribution in [2.75, 3.05) is 0 Å². The van der Waals surface area contributed by atoms with Crippen LogP contribution in [0.1, 0.15) is 27.7 Å². The number of carbonyl (C=O) groups is 2. The molecule has 0 bridgehead atoms. The van der Waals surface area contributed by atoms with Crippen LogP contribution in [0.2, 0.25) is 0 Å². The maximum atomic E-state index is 11.2. The summed E-state index contributed by atoms with van der Waals surface area (Å²) in [6.45, 7) is 6.65. The smallest absolute Gasteiger partial charge is 0.407 e. The van der Waals surface area contributed by atoms with Gasteiger partial charge in [-0.3, -0.25) is 4.79 Å². The molecule has 15 heavy (non-hydrogen) atoms. The Labute approximate surface area is 88.8 Å². The number of aliphatic carboxylic acids is 1. The van der Waals surface area contributed by atoms with Gasteiger partial charge in [0.2, 0.25) is 0 Å². The lowest BCUT2D eigenvalue weighted by Crippen LogP contribution is -2.50. The van der Waals surface area contributed by atoms with Gasteiger partial charge in [0.05, 0.1) is 6.04 Å². The molecule has 4 N–H and O–H groups in total. The molecule has 0 aromatic rings. The number of amides is 1. The Balaban J connectivity index is 4.13. The Hall–Kier alpha value is -1.30. The van der Waals surface area contributed by atoms with E-state index >= 15 is 0 Å². The third kappa shape index (κ3) is 5.90. The van der Waals surface area contributed by atoms with E-state index < -0.39 is 29.7 Å². The number of carboxylic acid groups (broad SMARTS) is 1. The summed E-state index contributed by atoms with van der Waals surface area (Å²) in [4.78, 5) is 21.7. The monoisotopic (exact) mass is 218 g/mol. The van der Waals surface area contributed by atoms with Gasteiger partial charge in [-0.25, -0.2) is 4.79 Å². The summed E-state index contributed by atoms with van der Waals surface area (Å²) in [6.07, 6.45) is -0.674. The van der Waals surface area contributed by atoms with Crippen molar-refractivity contribution < 1.29 is 19.4 Å². The molecule has 2 atom stereocenters. The minimum Gasteiger partial charge on any atom is -0.480 e. The Morgan fingerprint density at radius 1 is 1.40 bits per heavy atom. The van der Waals surface area contributed by atoms with Gasteiger partial charge < -0.3 is 20.9 Å². The number of nitrogens with two attached hydrogens (primary N) is 1. The zero-order valence-electron chi connectivity index (χ0n) is 9.40. The predicted octanol–water partition coefficient (Wildman–Crippen LogP) is 0.312. The number of carboxylic acids is 1. The van der Waals surface area contributed by atoms with E-state index in [4.69, 9.17) is 15.6 Å². The lowest BCUT2D eigenvalue weighted by Gasteiger charge is -2.23. The van der Waals surface area contributed by atoms with Crippen LogP contribution >= 0.6 is 0 Å². The third-order valence-electron chi connectivity index (χ3n) is 1.57. The third-order valence-corrected chi connectivity index (χ3v) is 1.57. The molecule has 0 aliphatic carbocycles. The Kier molecular flexibility index (Phi) is 4.54. The van der Waals surface area contributed by atoms with Crippen molar-refractivity contribution in [3.63, 3.8) is 0 Å². The van der Waals surface area contributed by atoms with Gasteiger partial charge in [0.15, 0.2) is 0 Å². The molecule has 0 heterocycles. The highest BCUT2D eigenvalue weighted by Gasteiger charge is 2.24. The Bertz CT molecular complexity index is 247. The molecule has 0 aromatic heterocycles. The summed E-state index contributed by atoms with van der Waals surface area (Å²) in [5, 5.41) is 10.9. The van der Waals surface area contributed by atoms with Gasteiger partial charge in [-0.1, -0.05) is 0 Å². The molecule has 0 radical (unpaired) electrons. The van der Waals surface area contributed by atoms with E-state index in [0.29, 0.717) is 0 Å². The van der Waals surface area contributed by atoms with Crippen LogP contribution in [-0.4, -0.2) is 34.9 Å². The molecule has 0 aliphatic heterocycles. The molecule has 0 spiro atoms. The van der Waals surface area contributed by atoms with Crippen LogP contribution < -0.4 is 11.1 Å². The topological polar surface area (TPSA) is 102 Å². The first-order valence-corrected chi connectivity index (χ1v) is 4.61. The zero-order chi connectivity index (χ0) is 12.2. The van der Waals surface area contributed by atoms with Crippen molar-refractivity contribution in [3.05, 3.63) is 0 Å². The van der Waals surface area contributed by atoms with Crippen LogP contribution in [0.3, 0.4) is 0 Å². The molecule has 1 amide bonds. The molecule has 0 saturated heterocycles. The minimum absolute atomic E-state index is 0.614. The van der Waals surface area contributed by atoms with Gasteiger partial charge in [0.1, 0.15) is 11.6 Å². The lowest BCUT2D eigenvalue weighted by molar-refractivity contribution is -0.139. The zero-order valence-corrected chi connectivity index (χ0v) is 9.40. The summed E-state index contributed by atoms with van der Waals surface area (Å²) in [5.41, 5.74) is 4.69. The highest BCUT2D eigenvalue weighted by molar-refractivity contribution is 5.76. The molecule has 0 aliphatic rings. The molecule has 88 valence electrons. The highest BCUT2D eigenvalue weighted by atomic mass is 16.6. The van der Waals surface area contributed by atoms with Crippen LogP contribution in [0.4, 0.5) is 4.79 Å². The van der Waals surface area contributed by atoms with Crippen LogP contribution in [0.25, 0.3) is 0 Å². The fraction of sp³-hybridized carbons (Fsp3) is 0.778. The fourth-order valence-corrected chi connectivity index (χ4v) is 0.797. The minimum atomic E-state index is -1.17. The molecular formula is C9H18N2O4. The van der Waals surface area contributed by atoms with Crippen molar-refractivity contribution in [2.24, 2.45) is 5.73 Å². The maximum absolute atomic E-state index is 11.2. The summed E-state index contributed by atoms with van der Waals surface area (Å²) in [5.74, 6) is -1.17. The SMILES string of the molecule is CC(NC(=O)OC(C)(C)C)C(N)C(=O)O. The first-order chi connectivity index (χ1) is 6.63. The van der Waals surface area contributed by atoms with Crippen molar-refractivity contribution in [3.8, 4) is 0 Å². The molecular weight excluding hydrogens is 200 g/mol. The summed E-state index contributed by atoms with van der Waals surface area (Å²) in [7, 11) is 0. The van der Waals surface area contributed by atoms with E-state index in [0.717, 1.165) is 0 Å². The highest BCUT2D eigenvalue weighted by Crippen LogP contribution is 2.06. The van der Waals surface area contributed by atoms with Gasteiger partial charge in [0, 0.05) is 0 Å². The van der Waals surface area contributed by atoms with Gasteiger partial charge in [0.25, 0.3) is 0 Å². The molecule has 0 rings (SSSR count). The van der Waals surface area contributed by atoms with E-state index in [1.807, 2.05) is 0 Å². The predicted molar refractivity (Wildman–Crippen MR) is 54.4 cm³/mol. The van der Waals surface area contributed by atoms with Crippen molar-refractivity contribution >= 4 is 12.1 Å². The molecule has 0 aromatic carbocycles. The van der Waals surface area contributed by atoms with E-state index in [1.165, 1.54) is 6.92 Å². The van der Waals surface area contributed by atoms with Crippen LogP contribution in [0.15, 0.2) is 0 Å². The van der Waals surface area contributed by atoms with Crippen molar-refractivity contribution in [1.82, 2.24) is 5.32 Å². The number of ether oxygens (including phenoxy) is 1. The number of hydrogen-bond acceptors (Lipinski definition) is 4. The summed E-state index contributed by atoms with van der Waals surface area (Å²) >= 11 is 0. The number of rotatable bonds is 3. The second-order valence-corrected chi connectivity index (χ2v) is 4.30. The van der Waals surface area contributed by atoms with Crippen molar-refractivity contribution in [2.45, 2.75) is 45.4 Å². The fourth-order valence-electron chi connectivity index (χ4n) is 0.797. The lowest BCUT2D eigenvalue weighted by atomic mass is 10.1. The quantitative estimate of drug-likeness (QED) is 0.632. The first-order valence-electron chi connectivity index (χ1n) is 4.61. The van der Waals surface area contributed by atoms with E-state index in [1.54, 1.807) is 20.8 Å². The maximum Gasteiger partial charge on any atom is 0.407 e. The van der Waals surface area contributed by atoms with E-state index in [9.17, 15) is 9.59 Å². The average Bonchev–Trinajstić information content (AvgIpc) is 1.98. The van der Waals surface area contributed by atoms with Crippen LogP contribution in [0.5, 0.6) is 0 Å². The molecule has 2 unspecified atom stereocenters. The van der Waals surface area contributed by atoms with Gasteiger partial charge >= 0.3 is 12.1 Å². The molecule has 0 saturated carbocycles. The van der Waals surface area contributed by atoms with Gasteiger partial charge in [-0.15, -0.1) is 0 Å². The normalized spacial score (nSPS) is 15.3. The second kappa shape index (κ2) is 4.97. The van der Waals surface area contributed by atoms with Gasteiger partial charge in [-0.2, -0.15) is 0 Å². The number of hydrogen-bond donors (Lipinski definition) is 3. The summed E-state index contributed by atoms with van der Waals surface area (Å²) < 4.78 is 4.94. The largest absolute Gasteiger partial charge is 0.480 e. The van der Waals surface area contributed by atoms with Crippen LogP contribution in [-0.2, 0) is 9.53 Å². The average molecular weight is 218 g/mol.